The topological polar surface area (TPSA) is 67.8 Å². The van der Waals surface area contributed by atoms with E-state index in [1.54, 1.807) is 7.05 Å². The Morgan fingerprint density at radius 2 is 2.07 bits per heavy atom. The molecule has 2 heterocycles. The van der Waals surface area contributed by atoms with Crippen LogP contribution in [0.3, 0.4) is 0 Å². The number of benzene rings is 1. The van der Waals surface area contributed by atoms with Gasteiger partial charge in [0.15, 0.2) is 5.96 Å². The van der Waals surface area contributed by atoms with Gasteiger partial charge in [-0.1, -0.05) is 18.2 Å². The summed E-state index contributed by atoms with van der Waals surface area (Å²) in [5.74, 6) is 1.63. The van der Waals surface area contributed by atoms with Crippen LogP contribution in [0.15, 0.2) is 41.5 Å². The number of guanidine groups is 1. The van der Waals surface area contributed by atoms with E-state index in [-0.39, 0.29) is 30.1 Å². The second-order valence-electron chi connectivity index (χ2n) is 7.10. The zero-order valence-electron chi connectivity index (χ0n) is 17.4. The van der Waals surface area contributed by atoms with E-state index in [0.29, 0.717) is 19.7 Å². The lowest BCUT2D eigenvalue weighted by molar-refractivity contribution is 0.0676. The lowest BCUT2D eigenvalue weighted by Crippen LogP contribution is -2.36. The molecule has 1 aromatic heterocycles. The van der Waals surface area contributed by atoms with Crippen LogP contribution in [0.4, 0.5) is 0 Å². The number of aryl methyl sites for hydroxylation is 2. The molecule has 0 bridgehead atoms. The average Bonchev–Trinajstić information content (AvgIpc) is 3.22. The fourth-order valence-corrected chi connectivity index (χ4v) is 3.17. The van der Waals surface area contributed by atoms with Gasteiger partial charge in [0, 0.05) is 32.0 Å². The molecule has 0 amide bonds. The predicted octanol–water partition coefficient (Wildman–Crippen LogP) is 3.74. The Balaban J connectivity index is 0.00000300. The molecular weight excluding hydrogens is 479 g/mol. The summed E-state index contributed by atoms with van der Waals surface area (Å²) in [6.45, 7) is 6.83. The van der Waals surface area contributed by atoms with Gasteiger partial charge in [-0.3, -0.25) is 9.98 Å². The molecule has 1 aromatic carbocycles. The largest absolute Gasteiger partial charge is 0.491 e. The van der Waals surface area contributed by atoms with Crippen LogP contribution in [0.5, 0.6) is 5.75 Å². The summed E-state index contributed by atoms with van der Waals surface area (Å²) in [6, 6.07) is 10.3. The number of aromatic nitrogens is 1. The number of hydrogen-bond donors (Lipinski definition) is 2. The summed E-state index contributed by atoms with van der Waals surface area (Å²) >= 11 is 0. The van der Waals surface area contributed by atoms with E-state index < -0.39 is 0 Å². The molecule has 158 valence electrons. The Morgan fingerprint density at radius 1 is 1.24 bits per heavy atom. The first kappa shape index (κ1) is 23.4. The van der Waals surface area contributed by atoms with E-state index in [2.05, 4.69) is 58.7 Å². The van der Waals surface area contributed by atoms with E-state index in [9.17, 15) is 0 Å². The van der Waals surface area contributed by atoms with E-state index >= 15 is 0 Å². The molecule has 2 N–H and O–H groups in total. The van der Waals surface area contributed by atoms with Crippen molar-refractivity contribution in [3.05, 3.63) is 58.9 Å². The van der Waals surface area contributed by atoms with Crippen molar-refractivity contribution in [1.29, 1.82) is 0 Å². The Kier molecular flexibility index (Phi) is 9.66. The van der Waals surface area contributed by atoms with Gasteiger partial charge in [-0.05, 0) is 49.9 Å². The van der Waals surface area contributed by atoms with Gasteiger partial charge in [0.25, 0.3) is 0 Å². The maximum Gasteiger partial charge on any atom is 0.191 e. The molecule has 1 atom stereocenters. The molecule has 2 aromatic rings. The van der Waals surface area contributed by atoms with Crippen molar-refractivity contribution < 1.29 is 9.47 Å². The van der Waals surface area contributed by atoms with Gasteiger partial charge >= 0.3 is 0 Å². The number of rotatable bonds is 7. The van der Waals surface area contributed by atoms with E-state index in [1.165, 1.54) is 5.56 Å². The lowest BCUT2D eigenvalue weighted by Gasteiger charge is -2.17. The molecule has 0 aliphatic carbocycles. The van der Waals surface area contributed by atoms with Crippen LogP contribution in [0, 0.1) is 13.8 Å². The van der Waals surface area contributed by atoms with E-state index in [4.69, 9.17) is 9.47 Å². The molecule has 0 saturated carbocycles. The molecule has 6 nitrogen and oxygen atoms in total. The second-order valence-corrected chi connectivity index (χ2v) is 7.10. The fraction of sp³-hybridized carbons (Fsp3) is 0.455. The summed E-state index contributed by atoms with van der Waals surface area (Å²) in [6.07, 6.45) is 4.21. The standard InChI is InChI=1S/C22H30N4O2.HI/c1-16-8-9-18(21(12-16)28-15-19-7-5-11-27-19)13-25-22(23-3)26-14-20-17(2)6-4-10-24-20;/h4,6,8-10,12,19H,5,7,11,13-15H2,1-3H3,(H2,23,25,26);1H. The average molecular weight is 510 g/mol. The Hall–Kier alpha value is -1.87. The summed E-state index contributed by atoms with van der Waals surface area (Å²) in [5.41, 5.74) is 4.45. The normalized spacial score (nSPS) is 16.2. The number of pyridine rings is 1. The molecule has 3 rings (SSSR count). The minimum atomic E-state index is 0. The molecule has 1 saturated heterocycles. The fourth-order valence-electron chi connectivity index (χ4n) is 3.17. The zero-order chi connectivity index (χ0) is 19.8. The van der Waals surface area contributed by atoms with Gasteiger partial charge in [0.2, 0.25) is 0 Å². The molecule has 7 heteroatoms. The van der Waals surface area contributed by atoms with Gasteiger partial charge in [-0.15, -0.1) is 24.0 Å². The maximum absolute atomic E-state index is 6.08. The molecule has 1 fully saturated rings. The zero-order valence-corrected chi connectivity index (χ0v) is 19.7. The third kappa shape index (κ3) is 7.15. The van der Waals surface area contributed by atoms with E-state index in [0.717, 1.165) is 48.0 Å². The molecule has 1 unspecified atom stereocenters. The summed E-state index contributed by atoms with van der Waals surface area (Å²) in [7, 11) is 1.77. The smallest absolute Gasteiger partial charge is 0.191 e. The molecule has 1 aliphatic rings. The van der Waals surface area contributed by atoms with E-state index in [1.807, 2.05) is 12.3 Å². The van der Waals surface area contributed by atoms with Crippen molar-refractivity contribution in [2.45, 2.75) is 45.9 Å². The predicted molar refractivity (Wildman–Crippen MR) is 127 cm³/mol. The molecule has 0 spiro atoms. The van der Waals surface area contributed by atoms with Crippen LogP contribution in [0.1, 0.15) is 35.2 Å². The Morgan fingerprint density at radius 3 is 2.79 bits per heavy atom. The first-order valence-electron chi connectivity index (χ1n) is 9.84. The van der Waals surface area contributed by atoms with Crippen molar-refractivity contribution in [1.82, 2.24) is 15.6 Å². The number of halogens is 1. The van der Waals surface area contributed by atoms with Gasteiger partial charge in [0.05, 0.1) is 18.3 Å². The Labute approximate surface area is 190 Å². The van der Waals surface area contributed by atoms with Gasteiger partial charge < -0.3 is 20.1 Å². The molecule has 1 aliphatic heterocycles. The third-order valence-corrected chi connectivity index (χ3v) is 4.88. The van der Waals surface area contributed by atoms with Crippen molar-refractivity contribution in [3.63, 3.8) is 0 Å². The summed E-state index contributed by atoms with van der Waals surface area (Å²) in [4.78, 5) is 8.72. The van der Waals surface area contributed by atoms with Crippen LogP contribution in [0.2, 0.25) is 0 Å². The van der Waals surface area contributed by atoms with Crippen LogP contribution in [0.25, 0.3) is 0 Å². The SMILES string of the molecule is CN=C(NCc1ccc(C)cc1OCC1CCCO1)NCc1ncccc1C.I. The second kappa shape index (κ2) is 12.0. The van der Waals surface area contributed by atoms with Crippen molar-refractivity contribution in [2.75, 3.05) is 20.3 Å². The highest BCUT2D eigenvalue weighted by Gasteiger charge is 2.17. The quantitative estimate of drug-likeness (QED) is 0.338. The maximum atomic E-state index is 6.08. The van der Waals surface area contributed by atoms with Crippen LogP contribution >= 0.6 is 24.0 Å². The highest BCUT2D eigenvalue weighted by atomic mass is 127. The molecular formula is C22H31IN4O2. The number of aliphatic imine (C=N–C) groups is 1. The first-order chi connectivity index (χ1) is 13.7. The molecule has 29 heavy (non-hydrogen) atoms. The van der Waals surface area contributed by atoms with Crippen molar-refractivity contribution >= 4 is 29.9 Å². The first-order valence-corrected chi connectivity index (χ1v) is 9.84. The van der Waals surface area contributed by atoms with Gasteiger partial charge in [-0.25, -0.2) is 0 Å². The highest BCUT2D eigenvalue weighted by Crippen LogP contribution is 2.22. The van der Waals surface area contributed by atoms with Gasteiger partial charge in [0.1, 0.15) is 12.4 Å². The van der Waals surface area contributed by atoms with Crippen LogP contribution in [-0.4, -0.2) is 37.3 Å². The number of ether oxygens (including phenoxy) is 2. The number of hydrogen-bond acceptors (Lipinski definition) is 4. The third-order valence-electron chi connectivity index (χ3n) is 4.88. The minimum absolute atomic E-state index is 0. The number of nitrogens with one attached hydrogen (secondary N) is 2. The summed E-state index contributed by atoms with van der Waals surface area (Å²) in [5, 5.41) is 6.68. The Bertz CT molecular complexity index is 807. The van der Waals surface area contributed by atoms with Crippen LogP contribution < -0.4 is 15.4 Å². The highest BCUT2D eigenvalue weighted by molar-refractivity contribution is 14.0. The number of nitrogens with zero attached hydrogens (tertiary/aromatic N) is 2. The monoisotopic (exact) mass is 510 g/mol. The van der Waals surface area contributed by atoms with Crippen molar-refractivity contribution in [2.24, 2.45) is 4.99 Å². The van der Waals surface area contributed by atoms with Crippen LogP contribution in [-0.2, 0) is 17.8 Å². The lowest BCUT2D eigenvalue weighted by atomic mass is 10.1. The minimum Gasteiger partial charge on any atom is -0.491 e. The molecule has 0 radical (unpaired) electrons. The summed E-state index contributed by atoms with van der Waals surface area (Å²) < 4.78 is 11.7. The van der Waals surface area contributed by atoms with Crippen molar-refractivity contribution in [3.8, 4) is 5.75 Å². The van der Waals surface area contributed by atoms with Gasteiger partial charge in [-0.2, -0.15) is 0 Å².